The maximum Gasteiger partial charge on any atom is 0.236 e. The zero-order valence-electron chi connectivity index (χ0n) is 22.7. The van der Waals surface area contributed by atoms with Crippen LogP contribution in [0.1, 0.15) is 22.7 Å². The van der Waals surface area contributed by atoms with Crippen LogP contribution in [0.4, 0.5) is 10.3 Å². The van der Waals surface area contributed by atoms with Crippen molar-refractivity contribution in [1.29, 1.82) is 0 Å². The van der Waals surface area contributed by atoms with Crippen molar-refractivity contribution in [2.45, 2.75) is 22.9 Å². The summed E-state index contributed by atoms with van der Waals surface area (Å²) in [6, 6.07) is 33.2. The van der Waals surface area contributed by atoms with Crippen LogP contribution in [0.25, 0.3) is 11.5 Å². The van der Waals surface area contributed by atoms with Crippen molar-refractivity contribution < 1.29 is 17.2 Å². The second-order valence-electron chi connectivity index (χ2n) is 10.1. The fourth-order valence-electron chi connectivity index (χ4n) is 5.39. The van der Waals surface area contributed by atoms with Crippen LogP contribution in [-0.4, -0.2) is 44.5 Å². The molecule has 0 unspecified atom stereocenters. The van der Waals surface area contributed by atoms with Crippen LogP contribution in [0.3, 0.4) is 0 Å². The summed E-state index contributed by atoms with van der Waals surface area (Å²) < 4.78 is 47.5. The van der Waals surface area contributed by atoms with Gasteiger partial charge in [0.15, 0.2) is 0 Å². The quantitative estimate of drug-likeness (QED) is 0.208. The maximum atomic E-state index is 13.8. The van der Waals surface area contributed by atoms with Gasteiger partial charge in [0, 0.05) is 31.7 Å². The molecular formula is C33H30FN3O3S. The molecule has 8 heteroatoms. The fraction of sp³-hybridized carbons (Fsp3) is 0.182. The lowest BCUT2D eigenvalue weighted by atomic mass is 9.96. The fourth-order valence-corrected chi connectivity index (χ4v) is 6.72. The van der Waals surface area contributed by atoms with Gasteiger partial charge < -0.3 is 9.32 Å². The Hall–Kier alpha value is -4.27. The van der Waals surface area contributed by atoms with Crippen LogP contribution in [-0.2, 0) is 9.84 Å². The number of rotatable bonds is 7. The van der Waals surface area contributed by atoms with Gasteiger partial charge in [-0.15, -0.1) is 0 Å². The predicted octanol–water partition coefficient (Wildman–Crippen LogP) is 6.53. The standard InChI is InChI=1S/C33H30FN3O3S/c1-24-10-8-9-15-29(24)31-35-32(41(38,39)28-18-16-27(34)17-19-28)33(40-31)37-22-20-36(21-23-37)30(25-11-4-2-5-12-25)26-13-6-3-7-14-26/h2-19,30H,20-23H2,1H3. The number of benzene rings is 4. The van der Waals surface area contributed by atoms with Gasteiger partial charge in [0.1, 0.15) is 5.82 Å². The number of aromatic nitrogens is 1. The minimum atomic E-state index is -4.08. The van der Waals surface area contributed by atoms with Crippen molar-refractivity contribution in [3.05, 3.63) is 132 Å². The number of piperazine rings is 1. The Morgan fingerprint density at radius 2 is 1.32 bits per heavy atom. The summed E-state index contributed by atoms with van der Waals surface area (Å²) in [4.78, 5) is 8.87. The summed E-state index contributed by atoms with van der Waals surface area (Å²) in [5, 5.41) is -0.154. The molecule has 41 heavy (non-hydrogen) atoms. The van der Waals surface area contributed by atoms with E-state index in [1.54, 1.807) is 0 Å². The molecule has 208 valence electrons. The molecule has 0 N–H and O–H groups in total. The monoisotopic (exact) mass is 567 g/mol. The highest BCUT2D eigenvalue weighted by molar-refractivity contribution is 7.91. The van der Waals surface area contributed by atoms with Crippen LogP contribution >= 0.6 is 0 Å². The van der Waals surface area contributed by atoms with Gasteiger partial charge in [-0.2, -0.15) is 4.98 Å². The molecule has 5 aromatic rings. The zero-order chi connectivity index (χ0) is 28.4. The molecule has 1 aliphatic rings. The van der Waals surface area contributed by atoms with Crippen LogP contribution in [0.15, 0.2) is 124 Å². The van der Waals surface area contributed by atoms with Gasteiger partial charge in [-0.3, -0.25) is 4.90 Å². The predicted molar refractivity (Wildman–Crippen MR) is 157 cm³/mol. The first-order valence-corrected chi connectivity index (χ1v) is 15.1. The number of oxazole rings is 1. The number of sulfone groups is 1. The van der Waals surface area contributed by atoms with E-state index in [1.165, 1.54) is 23.3 Å². The Labute approximate surface area is 239 Å². The average Bonchev–Trinajstić information content (AvgIpc) is 3.46. The number of anilines is 1. The van der Waals surface area contributed by atoms with E-state index in [2.05, 4.69) is 58.4 Å². The third-order valence-electron chi connectivity index (χ3n) is 7.53. The Bertz CT molecular complexity index is 1690. The molecule has 1 saturated heterocycles. The molecule has 0 aliphatic carbocycles. The molecule has 4 aromatic carbocycles. The first kappa shape index (κ1) is 26.9. The van der Waals surface area contributed by atoms with Crippen LogP contribution in [0.2, 0.25) is 0 Å². The van der Waals surface area contributed by atoms with Crippen molar-refractivity contribution in [2.75, 3.05) is 31.1 Å². The first-order chi connectivity index (χ1) is 19.9. The average molecular weight is 568 g/mol. The highest BCUT2D eigenvalue weighted by Crippen LogP contribution is 2.37. The van der Waals surface area contributed by atoms with E-state index in [-0.39, 0.29) is 27.7 Å². The first-order valence-electron chi connectivity index (χ1n) is 13.6. The lowest BCUT2D eigenvalue weighted by Crippen LogP contribution is -2.48. The van der Waals surface area contributed by atoms with Crippen LogP contribution in [0.5, 0.6) is 0 Å². The molecule has 6 nitrogen and oxygen atoms in total. The Morgan fingerprint density at radius 3 is 1.90 bits per heavy atom. The Morgan fingerprint density at radius 1 is 0.756 bits per heavy atom. The van der Waals surface area contributed by atoms with Gasteiger partial charge >= 0.3 is 0 Å². The highest BCUT2D eigenvalue weighted by atomic mass is 32.2. The van der Waals surface area contributed by atoms with Crippen molar-refractivity contribution in [3.63, 3.8) is 0 Å². The second-order valence-corrected chi connectivity index (χ2v) is 12.0. The van der Waals surface area contributed by atoms with E-state index in [1.807, 2.05) is 48.2 Å². The van der Waals surface area contributed by atoms with Gasteiger partial charge in [0.2, 0.25) is 26.6 Å². The van der Waals surface area contributed by atoms with E-state index >= 15 is 0 Å². The molecule has 2 heterocycles. The van der Waals surface area contributed by atoms with Crippen molar-refractivity contribution >= 4 is 15.7 Å². The van der Waals surface area contributed by atoms with E-state index < -0.39 is 15.7 Å². The maximum absolute atomic E-state index is 13.8. The molecule has 0 spiro atoms. The number of nitrogens with zero attached hydrogens (tertiary/aromatic N) is 3. The van der Waals surface area contributed by atoms with Gasteiger partial charge in [0.25, 0.3) is 0 Å². The summed E-state index contributed by atoms with van der Waals surface area (Å²) in [7, 11) is -4.08. The van der Waals surface area contributed by atoms with E-state index in [9.17, 15) is 12.8 Å². The van der Waals surface area contributed by atoms with Gasteiger partial charge in [-0.1, -0.05) is 78.9 Å². The van der Waals surface area contributed by atoms with E-state index in [4.69, 9.17) is 4.42 Å². The molecule has 0 bridgehead atoms. The molecule has 6 rings (SSSR count). The number of aryl methyl sites for hydroxylation is 1. The van der Waals surface area contributed by atoms with Gasteiger partial charge in [-0.05, 0) is 53.9 Å². The van der Waals surface area contributed by atoms with Crippen LogP contribution in [0, 0.1) is 12.7 Å². The Balaban J connectivity index is 1.35. The van der Waals surface area contributed by atoms with Crippen LogP contribution < -0.4 is 4.90 Å². The number of halogens is 1. The number of hydrogen-bond donors (Lipinski definition) is 0. The molecule has 0 amide bonds. The normalized spacial score (nSPS) is 14.5. The van der Waals surface area contributed by atoms with E-state index in [0.29, 0.717) is 26.2 Å². The third kappa shape index (κ3) is 5.40. The molecular weight excluding hydrogens is 537 g/mol. The van der Waals surface area contributed by atoms with Gasteiger partial charge in [0.05, 0.1) is 10.9 Å². The van der Waals surface area contributed by atoms with Gasteiger partial charge in [-0.25, -0.2) is 12.8 Å². The van der Waals surface area contributed by atoms with Crippen molar-refractivity contribution in [3.8, 4) is 11.5 Å². The minimum absolute atomic E-state index is 0.0309. The summed E-state index contributed by atoms with van der Waals surface area (Å²) in [6.45, 7) is 4.39. The Kier molecular flexibility index (Phi) is 7.43. The molecule has 1 aromatic heterocycles. The highest BCUT2D eigenvalue weighted by Gasteiger charge is 2.34. The molecule has 1 aliphatic heterocycles. The second kappa shape index (κ2) is 11.3. The van der Waals surface area contributed by atoms with Crippen molar-refractivity contribution in [2.24, 2.45) is 0 Å². The minimum Gasteiger partial charge on any atom is -0.419 e. The summed E-state index contributed by atoms with van der Waals surface area (Å²) in [5.74, 6) is -0.0525. The van der Waals surface area contributed by atoms with Crippen molar-refractivity contribution in [1.82, 2.24) is 9.88 Å². The molecule has 1 fully saturated rings. The third-order valence-corrected chi connectivity index (χ3v) is 9.20. The lowest BCUT2D eigenvalue weighted by Gasteiger charge is -2.39. The summed E-state index contributed by atoms with van der Waals surface area (Å²) in [5.41, 5.74) is 4.05. The number of hydrogen-bond acceptors (Lipinski definition) is 6. The SMILES string of the molecule is Cc1ccccc1-c1nc(S(=O)(=O)c2ccc(F)cc2)c(N2CCN(C(c3ccccc3)c3ccccc3)CC2)o1. The van der Waals surface area contributed by atoms with E-state index in [0.717, 1.165) is 23.3 Å². The zero-order valence-corrected chi connectivity index (χ0v) is 23.5. The molecule has 0 radical (unpaired) electrons. The molecule has 0 atom stereocenters. The summed E-state index contributed by atoms with van der Waals surface area (Å²) >= 11 is 0. The summed E-state index contributed by atoms with van der Waals surface area (Å²) in [6.07, 6.45) is 0. The lowest BCUT2D eigenvalue weighted by molar-refractivity contribution is 0.209. The smallest absolute Gasteiger partial charge is 0.236 e. The largest absolute Gasteiger partial charge is 0.419 e. The topological polar surface area (TPSA) is 66.7 Å². The molecule has 0 saturated carbocycles.